The molecule has 2 N–H and O–H groups in total. The molecular weight excluding hydrogens is 255 g/mol. The number of hydrogen-bond acceptors (Lipinski definition) is 1. The highest BCUT2D eigenvalue weighted by Crippen LogP contribution is 2.03. The van der Waals surface area contributed by atoms with Crippen LogP contribution in [0.3, 0.4) is 0 Å². The Balaban J connectivity index is 0.00000162. The average molecular weight is 267 g/mol. The van der Waals surface area contributed by atoms with E-state index in [1.165, 1.54) is 12.1 Å². The lowest BCUT2D eigenvalue weighted by molar-refractivity contribution is -0.688. The predicted octanol–water partition coefficient (Wildman–Crippen LogP) is -1.74. The van der Waals surface area contributed by atoms with Gasteiger partial charge in [-0.25, -0.2) is 4.39 Å². The minimum Gasteiger partial charge on any atom is -1.00 e. The molecule has 0 atom stereocenters. The maximum absolute atomic E-state index is 13.0. The smallest absolute Gasteiger partial charge is 0.254 e. The van der Waals surface area contributed by atoms with Gasteiger partial charge in [0.25, 0.3) is 5.91 Å². The maximum Gasteiger partial charge on any atom is 0.254 e. The van der Waals surface area contributed by atoms with E-state index in [-0.39, 0.29) is 18.2 Å². The molecule has 3 nitrogen and oxygen atoms in total. The van der Waals surface area contributed by atoms with Gasteiger partial charge in [-0.05, 0) is 18.2 Å². The summed E-state index contributed by atoms with van der Waals surface area (Å²) in [6.45, 7) is 0.499. The van der Waals surface area contributed by atoms with Crippen LogP contribution in [0.25, 0.3) is 0 Å². The molecule has 1 aromatic heterocycles. The van der Waals surface area contributed by atoms with Gasteiger partial charge in [0.2, 0.25) is 0 Å². The summed E-state index contributed by atoms with van der Waals surface area (Å²) in [5.74, 6) is -0.743. The van der Waals surface area contributed by atoms with Crippen molar-refractivity contribution in [2.75, 3.05) is 0 Å². The van der Waals surface area contributed by atoms with Crippen molar-refractivity contribution in [2.24, 2.45) is 5.73 Å². The summed E-state index contributed by atoms with van der Waals surface area (Å²) in [4.78, 5) is 11.0. The van der Waals surface area contributed by atoms with E-state index in [1.54, 1.807) is 35.2 Å². The first kappa shape index (κ1) is 14.1. The molecule has 1 amide bonds. The molecule has 0 unspecified atom stereocenters. The number of rotatable bonds is 3. The Hall–Kier alpha value is -1.94. The summed E-state index contributed by atoms with van der Waals surface area (Å²) >= 11 is 0. The van der Waals surface area contributed by atoms with Gasteiger partial charge in [-0.3, -0.25) is 4.79 Å². The highest BCUT2D eigenvalue weighted by molar-refractivity contribution is 5.92. The van der Waals surface area contributed by atoms with Crippen molar-refractivity contribution >= 4 is 5.91 Å². The van der Waals surface area contributed by atoms with E-state index in [2.05, 4.69) is 0 Å². The predicted molar refractivity (Wildman–Crippen MR) is 60.7 cm³/mol. The van der Waals surface area contributed by atoms with Crippen LogP contribution < -0.4 is 22.7 Å². The zero-order chi connectivity index (χ0) is 12.3. The number of nitrogens with zero attached hydrogens (tertiary/aromatic N) is 1. The molecule has 1 heterocycles. The van der Waals surface area contributed by atoms with Crippen LogP contribution in [0.2, 0.25) is 0 Å². The van der Waals surface area contributed by atoms with Gasteiger partial charge < -0.3 is 18.1 Å². The molecule has 94 valence electrons. The molecular formula is C13H12ClFN2O. The van der Waals surface area contributed by atoms with E-state index < -0.39 is 5.91 Å². The summed E-state index contributed by atoms with van der Waals surface area (Å²) in [6, 6.07) is 9.72. The lowest BCUT2D eigenvalue weighted by Crippen LogP contribution is -3.00. The Kier molecular flexibility index (Phi) is 4.80. The van der Waals surface area contributed by atoms with E-state index >= 15 is 0 Å². The highest BCUT2D eigenvalue weighted by atomic mass is 35.5. The largest absolute Gasteiger partial charge is 1.00 e. The molecule has 1 aromatic carbocycles. The van der Waals surface area contributed by atoms with Crippen LogP contribution in [0.15, 0.2) is 48.8 Å². The number of pyridine rings is 1. The molecule has 18 heavy (non-hydrogen) atoms. The monoisotopic (exact) mass is 266 g/mol. The van der Waals surface area contributed by atoms with Crippen molar-refractivity contribution in [3.05, 3.63) is 65.7 Å². The second-order valence-corrected chi connectivity index (χ2v) is 3.76. The minimum absolute atomic E-state index is 0. The molecule has 0 aliphatic carbocycles. The molecule has 0 spiro atoms. The standard InChI is InChI=1S/C13H11FN2O.ClH/c14-12-5-1-3-10(7-12)8-16-6-2-4-11(9-16)13(15)17;/h1-7,9H,8H2,(H-,15,17);1H. The van der Waals surface area contributed by atoms with Crippen molar-refractivity contribution in [1.29, 1.82) is 0 Å². The third-order valence-electron chi connectivity index (χ3n) is 2.40. The molecule has 0 bridgehead atoms. The number of primary amides is 1. The van der Waals surface area contributed by atoms with Crippen LogP contribution in [0, 0.1) is 5.82 Å². The second-order valence-electron chi connectivity index (χ2n) is 3.76. The molecule has 2 rings (SSSR count). The fraction of sp³-hybridized carbons (Fsp3) is 0.0769. The summed E-state index contributed by atoms with van der Waals surface area (Å²) in [5, 5.41) is 0. The number of carbonyl (C=O) groups excluding carboxylic acids is 1. The van der Waals surface area contributed by atoms with E-state index in [9.17, 15) is 9.18 Å². The van der Waals surface area contributed by atoms with Gasteiger partial charge in [0.15, 0.2) is 18.9 Å². The summed E-state index contributed by atoms with van der Waals surface area (Å²) < 4.78 is 14.8. The van der Waals surface area contributed by atoms with Crippen LogP contribution >= 0.6 is 0 Å². The van der Waals surface area contributed by atoms with E-state index in [0.717, 1.165) is 5.56 Å². The van der Waals surface area contributed by atoms with Gasteiger partial charge in [-0.2, -0.15) is 4.57 Å². The molecule has 2 aromatic rings. The van der Waals surface area contributed by atoms with Crippen molar-refractivity contribution < 1.29 is 26.2 Å². The number of hydrogen-bond donors (Lipinski definition) is 1. The molecule has 0 aliphatic rings. The van der Waals surface area contributed by atoms with Crippen molar-refractivity contribution in [1.82, 2.24) is 0 Å². The zero-order valence-electron chi connectivity index (χ0n) is 9.51. The van der Waals surface area contributed by atoms with Crippen LogP contribution in [0.4, 0.5) is 4.39 Å². The molecule has 0 aliphatic heterocycles. The van der Waals surface area contributed by atoms with Gasteiger partial charge >= 0.3 is 0 Å². The highest BCUT2D eigenvalue weighted by Gasteiger charge is 2.08. The fourth-order valence-electron chi connectivity index (χ4n) is 1.61. The lowest BCUT2D eigenvalue weighted by Gasteiger charge is -1.99. The van der Waals surface area contributed by atoms with Crippen LogP contribution in [0.1, 0.15) is 15.9 Å². The molecule has 0 saturated heterocycles. The average Bonchev–Trinajstić information content (AvgIpc) is 2.29. The van der Waals surface area contributed by atoms with E-state index in [4.69, 9.17) is 5.73 Å². The van der Waals surface area contributed by atoms with Gasteiger partial charge in [0.05, 0.1) is 0 Å². The fourth-order valence-corrected chi connectivity index (χ4v) is 1.61. The van der Waals surface area contributed by atoms with Crippen molar-refractivity contribution in [3.63, 3.8) is 0 Å². The number of halogens is 2. The van der Waals surface area contributed by atoms with E-state index in [1.807, 2.05) is 6.07 Å². The summed E-state index contributed by atoms with van der Waals surface area (Å²) in [6.07, 6.45) is 3.45. The Morgan fingerprint density at radius 1 is 1.28 bits per heavy atom. The number of carbonyl (C=O) groups is 1. The maximum atomic E-state index is 13.0. The Morgan fingerprint density at radius 3 is 2.72 bits per heavy atom. The topological polar surface area (TPSA) is 47.0 Å². The molecule has 0 radical (unpaired) electrons. The van der Waals surface area contributed by atoms with Gasteiger partial charge in [0, 0.05) is 11.6 Å². The Labute approximate surface area is 110 Å². The Morgan fingerprint density at radius 2 is 2.06 bits per heavy atom. The third-order valence-corrected chi connectivity index (χ3v) is 2.40. The van der Waals surface area contributed by atoms with E-state index in [0.29, 0.717) is 12.1 Å². The van der Waals surface area contributed by atoms with Crippen LogP contribution in [0.5, 0.6) is 0 Å². The summed E-state index contributed by atoms with van der Waals surface area (Å²) in [5.41, 5.74) is 6.45. The van der Waals surface area contributed by atoms with Crippen LogP contribution in [-0.2, 0) is 6.54 Å². The SMILES string of the molecule is NC(=O)c1ccc[n+](Cc2cccc(F)c2)c1.[Cl-]. The first-order valence-corrected chi connectivity index (χ1v) is 5.18. The number of aromatic nitrogens is 1. The second kappa shape index (κ2) is 6.12. The Bertz CT molecular complexity index is 560. The van der Waals surface area contributed by atoms with Crippen molar-refractivity contribution in [2.45, 2.75) is 6.54 Å². The third kappa shape index (κ3) is 3.53. The first-order valence-electron chi connectivity index (χ1n) is 5.18. The first-order chi connectivity index (χ1) is 8.15. The normalized spacial score (nSPS) is 9.61. The van der Waals surface area contributed by atoms with Gasteiger partial charge in [-0.15, -0.1) is 0 Å². The molecule has 5 heteroatoms. The molecule has 0 fully saturated rings. The molecule has 0 saturated carbocycles. The summed E-state index contributed by atoms with van der Waals surface area (Å²) in [7, 11) is 0. The van der Waals surface area contributed by atoms with Gasteiger partial charge in [-0.1, -0.05) is 12.1 Å². The lowest BCUT2D eigenvalue weighted by atomic mass is 10.2. The number of benzene rings is 1. The quantitative estimate of drug-likeness (QED) is 0.659. The van der Waals surface area contributed by atoms with Crippen molar-refractivity contribution in [3.8, 4) is 0 Å². The number of nitrogens with two attached hydrogens (primary N) is 1. The van der Waals surface area contributed by atoms with Gasteiger partial charge in [0.1, 0.15) is 11.4 Å². The minimum atomic E-state index is -0.474. The number of amides is 1. The van der Waals surface area contributed by atoms with Crippen LogP contribution in [-0.4, -0.2) is 5.91 Å². The zero-order valence-corrected chi connectivity index (χ0v) is 10.3.